The molecule has 1 aromatic carbocycles. The molecule has 1 amide bonds. The number of carbonyl (C=O) groups excluding carboxylic acids is 1. The summed E-state index contributed by atoms with van der Waals surface area (Å²) < 4.78 is 5.21. The van der Waals surface area contributed by atoms with Crippen LogP contribution in [0.25, 0.3) is 0 Å². The van der Waals surface area contributed by atoms with E-state index in [0.29, 0.717) is 0 Å². The zero-order chi connectivity index (χ0) is 17.1. The Kier molecular flexibility index (Phi) is 5.14. The van der Waals surface area contributed by atoms with Gasteiger partial charge in [-0.2, -0.15) is 0 Å². The van der Waals surface area contributed by atoms with Crippen LogP contribution in [0.5, 0.6) is 0 Å². The zero-order valence-electron chi connectivity index (χ0n) is 12.9. The first kappa shape index (κ1) is 17.5. The first-order chi connectivity index (χ1) is 10.0. The zero-order valence-corrected chi connectivity index (χ0v) is 12.9. The molecule has 0 bridgehead atoms. The van der Waals surface area contributed by atoms with Crippen LogP contribution in [0.3, 0.4) is 0 Å². The highest BCUT2D eigenvalue weighted by Crippen LogP contribution is 2.22. The molecule has 0 aliphatic rings. The topological polar surface area (TPSA) is 104 Å². The van der Waals surface area contributed by atoms with E-state index < -0.39 is 29.7 Å². The Morgan fingerprint density at radius 2 is 1.59 bits per heavy atom. The molecule has 1 rings (SSSR count). The Morgan fingerprint density at radius 1 is 1.09 bits per heavy atom. The Labute approximate surface area is 128 Å². The predicted molar refractivity (Wildman–Crippen MR) is 79.2 cm³/mol. The number of anilines is 1. The minimum atomic E-state index is -1.20. The van der Waals surface area contributed by atoms with Crippen LogP contribution < -0.4 is 4.90 Å². The highest BCUT2D eigenvalue weighted by atomic mass is 16.6. The first-order valence-corrected chi connectivity index (χ1v) is 6.61. The van der Waals surface area contributed by atoms with Crippen molar-refractivity contribution in [2.24, 2.45) is 0 Å². The molecule has 0 heterocycles. The summed E-state index contributed by atoms with van der Waals surface area (Å²) in [7, 11) is 0. The fourth-order valence-electron chi connectivity index (χ4n) is 1.67. The van der Waals surface area contributed by atoms with Gasteiger partial charge in [0.1, 0.15) is 11.6 Å². The van der Waals surface area contributed by atoms with Gasteiger partial charge >= 0.3 is 18.0 Å². The lowest BCUT2D eigenvalue weighted by Crippen LogP contribution is -2.46. The minimum absolute atomic E-state index is 0.0378. The molecular weight excluding hydrogens is 290 g/mol. The average Bonchev–Trinajstić information content (AvgIpc) is 2.37. The maximum Gasteiger partial charge on any atom is 0.415 e. The molecule has 0 saturated carbocycles. The summed E-state index contributed by atoms with van der Waals surface area (Å²) >= 11 is 0. The minimum Gasteiger partial charge on any atom is -0.480 e. The lowest BCUT2D eigenvalue weighted by atomic mass is 10.1. The maximum atomic E-state index is 12.2. The lowest BCUT2D eigenvalue weighted by molar-refractivity contribution is -0.138. The molecule has 1 atom stereocenters. The molecule has 0 radical (unpaired) electrons. The SMILES string of the molecule is CC(C(=O)O)N(C(=O)OC(C)(C)C)c1ccc(C(=O)O)cc1. The molecule has 0 aliphatic carbocycles. The first-order valence-electron chi connectivity index (χ1n) is 6.61. The average molecular weight is 309 g/mol. The second kappa shape index (κ2) is 6.46. The summed E-state index contributed by atoms with van der Waals surface area (Å²) in [6, 6.07) is 4.16. The lowest BCUT2D eigenvalue weighted by Gasteiger charge is -2.29. The van der Waals surface area contributed by atoms with Crippen LogP contribution in [-0.2, 0) is 9.53 Å². The number of benzene rings is 1. The molecule has 7 nitrogen and oxygen atoms in total. The predicted octanol–water partition coefficient (Wildman–Crippen LogP) is 2.60. The molecule has 7 heteroatoms. The van der Waals surface area contributed by atoms with E-state index >= 15 is 0 Å². The van der Waals surface area contributed by atoms with Crippen LogP contribution in [-0.4, -0.2) is 39.9 Å². The highest BCUT2D eigenvalue weighted by Gasteiger charge is 2.31. The molecule has 22 heavy (non-hydrogen) atoms. The van der Waals surface area contributed by atoms with Crippen molar-refractivity contribution in [1.29, 1.82) is 0 Å². The van der Waals surface area contributed by atoms with E-state index in [1.165, 1.54) is 31.2 Å². The van der Waals surface area contributed by atoms with Gasteiger partial charge in [0.15, 0.2) is 0 Å². The van der Waals surface area contributed by atoms with Gasteiger partial charge in [-0.3, -0.25) is 4.90 Å². The number of nitrogens with zero attached hydrogens (tertiary/aromatic N) is 1. The van der Waals surface area contributed by atoms with Crippen molar-refractivity contribution < 1.29 is 29.3 Å². The number of ether oxygens (including phenoxy) is 1. The number of aromatic carboxylic acids is 1. The van der Waals surface area contributed by atoms with E-state index in [0.717, 1.165) is 4.90 Å². The maximum absolute atomic E-state index is 12.2. The summed E-state index contributed by atoms with van der Waals surface area (Å²) in [4.78, 5) is 35.3. The number of amides is 1. The van der Waals surface area contributed by atoms with Crippen molar-refractivity contribution >= 4 is 23.7 Å². The molecule has 0 aromatic heterocycles. The van der Waals surface area contributed by atoms with E-state index in [9.17, 15) is 14.4 Å². The van der Waals surface area contributed by atoms with E-state index in [4.69, 9.17) is 14.9 Å². The summed E-state index contributed by atoms with van der Waals surface area (Å²) in [6.07, 6.45) is -0.814. The van der Waals surface area contributed by atoms with Crippen LogP contribution in [0.15, 0.2) is 24.3 Å². The molecule has 0 saturated heterocycles. The van der Waals surface area contributed by atoms with Crippen LogP contribution in [0.4, 0.5) is 10.5 Å². The Morgan fingerprint density at radius 3 is 1.95 bits per heavy atom. The van der Waals surface area contributed by atoms with E-state index in [-0.39, 0.29) is 11.3 Å². The number of carboxylic acid groups (broad SMARTS) is 2. The molecule has 1 aromatic rings. The van der Waals surface area contributed by atoms with Crippen molar-refractivity contribution in [1.82, 2.24) is 0 Å². The highest BCUT2D eigenvalue weighted by molar-refractivity contribution is 5.96. The molecule has 2 N–H and O–H groups in total. The number of carbonyl (C=O) groups is 3. The quantitative estimate of drug-likeness (QED) is 0.886. The second-order valence-electron chi connectivity index (χ2n) is 5.72. The van der Waals surface area contributed by atoms with Gasteiger partial charge in [-0.05, 0) is 52.0 Å². The molecule has 120 valence electrons. The Balaban J connectivity index is 3.17. The molecule has 1 unspecified atom stereocenters. The van der Waals surface area contributed by atoms with E-state index in [2.05, 4.69) is 0 Å². The summed E-state index contributed by atoms with van der Waals surface area (Å²) in [5.41, 5.74) is -0.501. The third-order valence-electron chi connectivity index (χ3n) is 2.73. The summed E-state index contributed by atoms with van der Waals surface area (Å²) in [5.74, 6) is -2.31. The van der Waals surface area contributed by atoms with E-state index in [1.54, 1.807) is 20.8 Å². The smallest absolute Gasteiger partial charge is 0.415 e. The van der Waals surface area contributed by atoms with Gasteiger partial charge in [0.25, 0.3) is 0 Å². The number of aliphatic carboxylic acids is 1. The molecular formula is C15H19NO6. The van der Waals surface area contributed by atoms with Crippen LogP contribution >= 0.6 is 0 Å². The standard InChI is InChI=1S/C15H19NO6/c1-9(12(17)18)16(14(21)22-15(2,3)4)11-7-5-10(6-8-11)13(19)20/h5-9H,1-4H3,(H,17,18)(H,19,20). The van der Waals surface area contributed by atoms with Gasteiger partial charge in [0.2, 0.25) is 0 Å². The number of hydrogen-bond donors (Lipinski definition) is 2. The van der Waals surface area contributed by atoms with Crippen molar-refractivity contribution in [3.8, 4) is 0 Å². The van der Waals surface area contributed by atoms with Gasteiger partial charge in [-0.1, -0.05) is 0 Å². The monoisotopic (exact) mass is 309 g/mol. The molecule has 0 spiro atoms. The van der Waals surface area contributed by atoms with Gasteiger partial charge in [0.05, 0.1) is 5.56 Å². The number of carboxylic acids is 2. The van der Waals surface area contributed by atoms with Gasteiger partial charge in [0, 0.05) is 5.69 Å². The van der Waals surface area contributed by atoms with Crippen LogP contribution in [0.2, 0.25) is 0 Å². The van der Waals surface area contributed by atoms with Crippen molar-refractivity contribution in [3.05, 3.63) is 29.8 Å². The van der Waals surface area contributed by atoms with Gasteiger partial charge in [-0.25, -0.2) is 14.4 Å². The Hall–Kier alpha value is -2.57. The normalized spacial score (nSPS) is 12.4. The van der Waals surface area contributed by atoms with Gasteiger partial charge < -0.3 is 14.9 Å². The van der Waals surface area contributed by atoms with Crippen LogP contribution in [0.1, 0.15) is 38.1 Å². The Bertz CT molecular complexity index is 573. The summed E-state index contributed by atoms with van der Waals surface area (Å²) in [6.45, 7) is 6.35. The third-order valence-corrected chi connectivity index (χ3v) is 2.73. The number of hydrogen-bond acceptors (Lipinski definition) is 4. The largest absolute Gasteiger partial charge is 0.480 e. The fraction of sp³-hybridized carbons (Fsp3) is 0.400. The number of rotatable bonds is 4. The van der Waals surface area contributed by atoms with Crippen molar-refractivity contribution in [2.45, 2.75) is 39.3 Å². The third kappa shape index (κ3) is 4.47. The van der Waals surface area contributed by atoms with Crippen molar-refractivity contribution in [3.63, 3.8) is 0 Å². The van der Waals surface area contributed by atoms with Crippen LogP contribution in [0, 0.1) is 0 Å². The molecule has 0 fully saturated rings. The second-order valence-corrected chi connectivity index (χ2v) is 5.72. The van der Waals surface area contributed by atoms with Gasteiger partial charge in [-0.15, -0.1) is 0 Å². The van der Waals surface area contributed by atoms with Crippen molar-refractivity contribution in [2.75, 3.05) is 4.90 Å². The molecule has 0 aliphatic heterocycles. The fourth-order valence-corrected chi connectivity index (χ4v) is 1.67. The van der Waals surface area contributed by atoms with E-state index in [1.807, 2.05) is 0 Å². The summed E-state index contributed by atoms with van der Waals surface area (Å²) in [5, 5.41) is 18.0.